The number of aliphatic hydroxyl groups is 1. The second-order valence-electron chi connectivity index (χ2n) is 9.15. The van der Waals surface area contributed by atoms with Gasteiger partial charge in [-0.05, 0) is 32.8 Å². The monoisotopic (exact) mass is 555 g/mol. The molecule has 0 aromatic carbocycles. The van der Waals surface area contributed by atoms with Crippen LogP contribution in [0, 0.1) is 11.3 Å². The third-order valence-corrected chi connectivity index (χ3v) is 9.15. The van der Waals surface area contributed by atoms with Gasteiger partial charge in [-0.3, -0.25) is 4.68 Å². The zero-order valence-electron chi connectivity index (χ0n) is 20.1. The van der Waals surface area contributed by atoms with Gasteiger partial charge in [-0.1, -0.05) is 0 Å². The highest BCUT2D eigenvalue weighted by Gasteiger charge is 2.37. The first-order valence-electron chi connectivity index (χ1n) is 11.2. The van der Waals surface area contributed by atoms with Crippen LogP contribution in [0.1, 0.15) is 42.7 Å². The Hall–Kier alpha value is -3.06. The van der Waals surface area contributed by atoms with E-state index in [2.05, 4.69) is 20.4 Å². The van der Waals surface area contributed by atoms with E-state index in [-0.39, 0.29) is 45.3 Å². The van der Waals surface area contributed by atoms with Gasteiger partial charge in [0.2, 0.25) is 16.0 Å². The fourth-order valence-electron chi connectivity index (χ4n) is 4.00. The summed E-state index contributed by atoms with van der Waals surface area (Å²) in [6.07, 6.45) is -0.585. The smallest absolute Gasteiger partial charge is 0.385 e. The molecule has 0 unspecified atom stereocenters. The van der Waals surface area contributed by atoms with E-state index in [9.17, 15) is 32.0 Å². The van der Waals surface area contributed by atoms with E-state index >= 15 is 0 Å². The molecule has 0 bridgehead atoms. The fraction of sp³-hybridized carbons (Fsp3) is 0.455. The number of piperidine rings is 1. The van der Waals surface area contributed by atoms with Crippen molar-refractivity contribution in [1.82, 2.24) is 24.1 Å². The first kappa shape index (κ1) is 27.0. The number of aryl methyl sites for hydroxylation is 1. The minimum atomic E-state index is -4.74. The van der Waals surface area contributed by atoms with Crippen LogP contribution in [0.25, 0.3) is 10.6 Å². The summed E-state index contributed by atoms with van der Waals surface area (Å²) >= 11 is 0.861. The average Bonchev–Trinajstić information content (AvgIpc) is 3.45. The maximum absolute atomic E-state index is 13.8. The molecule has 1 aliphatic heterocycles. The summed E-state index contributed by atoms with van der Waals surface area (Å²) in [4.78, 5) is 8.37. The summed E-state index contributed by atoms with van der Waals surface area (Å²) in [7, 11) is -2.08. The van der Waals surface area contributed by atoms with Crippen molar-refractivity contribution < 1.29 is 26.7 Å². The van der Waals surface area contributed by atoms with Crippen molar-refractivity contribution in [2.75, 3.05) is 18.4 Å². The zero-order valence-corrected chi connectivity index (χ0v) is 21.7. The molecule has 0 saturated carbocycles. The number of hydrogen-bond acceptors (Lipinski definition) is 9. The standard InChI is InChI=1S/C22H24F3N7O3S2/c1-21(2,33)19-13(9-26)8-17(36-19)18-16(22(23,24)25)11-27-20(30-18)29-14-4-6-32(7-5-14)37(34,35)15-10-28-31(3)12-15/h8,10-12,14,33H,4-7H2,1-3H3,(H,27,29,30). The molecular formula is C22H24F3N7O3S2. The highest BCUT2D eigenvalue weighted by atomic mass is 32.2. The molecule has 10 nitrogen and oxygen atoms in total. The average molecular weight is 556 g/mol. The fourth-order valence-corrected chi connectivity index (χ4v) is 6.57. The Labute approximate surface area is 215 Å². The maximum Gasteiger partial charge on any atom is 0.420 e. The van der Waals surface area contributed by atoms with Crippen molar-refractivity contribution in [3.63, 3.8) is 0 Å². The molecule has 15 heteroatoms. The van der Waals surface area contributed by atoms with Crippen LogP contribution in [0.5, 0.6) is 0 Å². The Morgan fingerprint density at radius 1 is 1.24 bits per heavy atom. The zero-order chi connectivity index (χ0) is 27.2. The molecule has 4 heterocycles. The van der Waals surface area contributed by atoms with Gasteiger partial charge in [0.05, 0.1) is 32.8 Å². The van der Waals surface area contributed by atoms with Crippen molar-refractivity contribution in [3.05, 3.63) is 40.7 Å². The molecule has 198 valence electrons. The Bertz CT molecular complexity index is 1450. The minimum Gasteiger partial charge on any atom is -0.385 e. The summed E-state index contributed by atoms with van der Waals surface area (Å²) in [6, 6.07) is 2.92. The normalized spacial score (nSPS) is 16.1. The molecule has 3 aromatic rings. The Balaban J connectivity index is 1.57. The van der Waals surface area contributed by atoms with Gasteiger partial charge in [-0.2, -0.15) is 27.8 Å². The second-order valence-corrected chi connectivity index (χ2v) is 12.1. The summed E-state index contributed by atoms with van der Waals surface area (Å²) in [5.41, 5.74) is -2.83. The summed E-state index contributed by atoms with van der Waals surface area (Å²) in [6.45, 7) is 3.30. The Morgan fingerprint density at radius 3 is 2.43 bits per heavy atom. The predicted octanol–water partition coefficient (Wildman–Crippen LogP) is 3.32. The van der Waals surface area contributed by atoms with Gasteiger partial charge in [0.25, 0.3) is 0 Å². The van der Waals surface area contributed by atoms with E-state index < -0.39 is 33.1 Å². The lowest BCUT2D eigenvalue weighted by Gasteiger charge is -2.31. The molecule has 0 spiro atoms. The molecule has 0 atom stereocenters. The minimum absolute atomic E-state index is 0.0479. The predicted molar refractivity (Wildman–Crippen MR) is 129 cm³/mol. The van der Waals surface area contributed by atoms with E-state index in [0.29, 0.717) is 19.0 Å². The number of anilines is 1. The number of rotatable bonds is 6. The number of nitriles is 1. The first-order valence-corrected chi connectivity index (χ1v) is 13.4. The number of halogens is 3. The highest BCUT2D eigenvalue weighted by molar-refractivity contribution is 7.89. The van der Waals surface area contributed by atoms with E-state index in [1.165, 1.54) is 41.3 Å². The highest BCUT2D eigenvalue weighted by Crippen LogP contribution is 2.42. The van der Waals surface area contributed by atoms with E-state index in [4.69, 9.17) is 0 Å². The second kappa shape index (κ2) is 9.67. The van der Waals surface area contributed by atoms with Gasteiger partial charge >= 0.3 is 6.18 Å². The van der Waals surface area contributed by atoms with Crippen molar-refractivity contribution in [1.29, 1.82) is 5.26 Å². The Morgan fingerprint density at radius 2 is 1.92 bits per heavy atom. The summed E-state index contributed by atoms with van der Waals surface area (Å²) in [5, 5.41) is 26.7. The molecule has 2 N–H and O–H groups in total. The SMILES string of the molecule is Cn1cc(S(=O)(=O)N2CCC(Nc3ncc(C(F)(F)F)c(-c4cc(C#N)c(C(C)(C)O)s4)n3)CC2)cn1. The lowest BCUT2D eigenvalue weighted by Crippen LogP contribution is -2.42. The van der Waals surface area contributed by atoms with Crippen LogP contribution in [-0.4, -0.2) is 56.7 Å². The number of nitrogens with zero attached hydrogens (tertiary/aromatic N) is 6. The molecule has 3 aromatic heterocycles. The molecule has 1 saturated heterocycles. The Kier molecular flexibility index (Phi) is 7.06. The van der Waals surface area contributed by atoms with Gasteiger partial charge < -0.3 is 10.4 Å². The number of hydrogen-bond donors (Lipinski definition) is 2. The van der Waals surface area contributed by atoms with Crippen LogP contribution in [0.2, 0.25) is 0 Å². The summed E-state index contributed by atoms with van der Waals surface area (Å²) in [5.74, 6) is -0.0479. The first-order chi connectivity index (χ1) is 17.2. The quantitative estimate of drug-likeness (QED) is 0.473. The largest absolute Gasteiger partial charge is 0.420 e. The number of nitrogens with one attached hydrogen (secondary N) is 1. The molecule has 1 fully saturated rings. The van der Waals surface area contributed by atoms with Crippen LogP contribution in [0.15, 0.2) is 29.6 Å². The molecule has 0 amide bonds. The van der Waals surface area contributed by atoms with E-state index in [1.807, 2.05) is 6.07 Å². The van der Waals surface area contributed by atoms with Crippen molar-refractivity contribution in [3.8, 4) is 16.6 Å². The number of alkyl halides is 3. The van der Waals surface area contributed by atoms with Crippen LogP contribution >= 0.6 is 11.3 Å². The van der Waals surface area contributed by atoms with Crippen molar-refractivity contribution in [2.45, 2.75) is 49.4 Å². The van der Waals surface area contributed by atoms with Crippen LogP contribution in [0.4, 0.5) is 19.1 Å². The van der Waals surface area contributed by atoms with Crippen molar-refractivity contribution >= 4 is 27.3 Å². The van der Waals surface area contributed by atoms with Crippen LogP contribution in [0.3, 0.4) is 0 Å². The molecule has 37 heavy (non-hydrogen) atoms. The molecule has 0 aliphatic carbocycles. The van der Waals surface area contributed by atoms with Gasteiger partial charge in [0.15, 0.2) is 0 Å². The van der Waals surface area contributed by atoms with E-state index in [1.54, 1.807) is 7.05 Å². The van der Waals surface area contributed by atoms with E-state index in [0.717, 1.165) is 11.3 Å². The van der Waals surface area contributed by atoms with Gasteiger partial charge in [-0.15, -0.1) is 11.3 Å². The number of sulfonamides is 1. The molecule has 0 radical (unpaired) electrons. The molecule has 4 rings (SSSR count). The van der Waals surface area contributed by atoms with Crippen LogP contribution < -0.4 is 5.32 Å². The van der Waals surface area contributed by atoms with Crippen LogP contribution in [-0.2, 0) is 28.8 Å². The number of aromatic nitrogens is 4. The number of thiophene rings is 1. The van der Waals surface area contributed by atoms with Crippen molar-refractivity contribution in [2.24, 2.45) is 7.05 Å². The van der Waals surface area contributed by atoms with Gasteiger partial charge in [0, 0.05) is 38.6 Å². The lowest BCUT2D eigenvalue weighted by atomic mass is 10.0. The summed E-state index contributed by atoms with van der Waals surface area (Å²) < 4.78 is 69.6. The topological polar surface area (TPSA) is 137 Å². The third-order valence-electron chi connectivity index (χ3n) is 5.84. The third kappa shape index (κ3) is 5.61. The maximum atomic E-state index is 13.8. The van der Waals surface area contributed by atoms with Gasteiger partial charge in [-0.25, -0.2) is 18.4 Å². The molecule has 1 aliphatic rings. The lowest BCUT2D eigenvalue weighted by molar-refractivity contribution is -0.137. The molecular weight excluding hydrogens is 531 g/mol. The van der Waals surface area contributed by atoms with Gasteiger partial charge in [0.1, 0.15) is 16.5 Å².